The van der Waals surface area contributed by atoms with Gasteiger partial charge >= 0.3 is 0 Å². The normalized spacial score (nSPS) is 10.2. The van der Waals surface area contributed by atoms with Gasteiger partial charge < -0.3 is 14.9 Å². The molecular weight excluding hydrogens is 168 g/mol. The quantitative estimate of drug-likeness (QED) is 0.683. The van der Waals surface area contributed by atoms with Gasteiger partial charge in [0.15, 0.2) is 6.29 Å². The van der Waals surface area contributed by atoms with Gasteiger partial charge in [-0.05, 0) is 17.7 Å². The zero-order valence-corrected chi connectivity index (χ0v) is 7.40. The summed E-state index contributed by atoms with van der Waals surface area (Å²) in [7, 11) is 1.57. The van der Waals surface area contributed by atoms with E-state index in [2.05, 4.69) is 6.58 Å². The Kier molecular flexibility index (Phi) is 3.06. The van der Waals surface area contributed by atoms with Crippen LogP contribution in [0.4, 0.5) is 0 Å². The monoisotopic (exact) mass is 180 g/mol. The molecule has 0 aromatic heterocycles. The van der Waals surface area contributed by atoms with Crippen molar-refractivity contribution in [1.29, 1.82) is 0 Å². The average molecular weight is 180 g/mol. The highest BCUT2D eigenvalue weighted by Gasteiger charge is 2.05. The molecule has 0 radical (unpaired) electrons. The Balaban J connectivity index is 2.86. The SMILES string of the molecule is C=C(c1ccc(OC)cc1)C(O)O. The highest BCUT2D eigenvalue weighted by Crippen LogP contribution is 2.18. The van der Waals surface area contributed by atoms with Gasteiger partial charge in [0.2, 0.25) is 0 Å². The lowest BCUT2D eigenvalue weighted by Crippen LogP contribution is -2.05. The lowest BCUT2D eigenvalue weighted by Gasteiger charge is -2.08. The van der Waals surface area contributed by atoms with Crippen LogP contribution < -0.4 is 4.74 Å². The second-order valence-corrected chi connectivity index (χ2v) is 2.63. The van der Waals surface area contributed by atoms with Crippen molar-refractivity contribution in [3.63, 3.8) is 0 Å². The zero-order valence-electron chi connectivity index (χ0n) is 7.40. The van der Waals surface area contributed by atoms with Crippen LogP contribution in [0, 0.1) is 0 Å². The van der Waals surface area contributed by atoms with Crippen LogP contribution in [0.25, 0.3) is 5.57 Å². The molecule has 0 amide bonds. The Labute approximate surface area is 76.9 Å². The Bertz CT molecular complexity index is 288. The van der Waals surface area contributed by atoms with Crippen LogP contribution in [-0.4, -0.2) is 23.6 Å². The van der Waals surface area contributed by atoms with Crippen LogP contribution in [0.2, 0.25) is 0 Å². The van der Waals surface area contributed by atoms with Crippen molar-refractivity contribution in [2.45, 2.75) is 6.29 Å². The highest BCUT2D eigenvalue weighted by molar-refractivity contribution is 5.65. The third kappa shape index (κ3) is 2.31. The van der Waals surface area contributed by atoms with Crippen LogP contribution in [-0.2, 0) is 0 Å². The number of hydrogen-bond donors (Lipinski definition) is 2. The molecule has 3 heteroatoms. The molecule has 0 bridgehead atoms. The Morgan fingerprint density at radius 2 is 1.85 bits per heavy atom. The Hall–Kier alpha value is -1.32. The summed E-state index contributed by atoms with van der Waals surface area (Å²) in [5.74, 6) is 0.726. The van der Waals surface area contributed by atoms with Gasteiger partial charge in [-0.1, -0.05) is 18.7 Å². The fraction of sp³-hybridized carbons (Fsp3) is 0.200. The van der Waals surface area contributed by atoms with E-state index in [0.29, 0.717) is 5.56 Å². The number of aliphatic hydroxyl groups excluding tert-OH is 1. The van der Waals surface area contributed by atoms with Crippen LogP contribution in [0.1, 0.15) is 5.56 Å². The summed E-state index contributed by atoms with van der Waals surface area (Å²) in [5, 5.41) is 17.7. The third-order valence-corrected chi connectivity index (χ3v) is 1.77. The Morgan fingerprint density at radius 3 is 2.23 bits per heavy atom. The van der Waals surface area contributed by atoms with Crippen molar-refractivity contribution in [2.24, 2.45) is 0 Å². The fourth-order valence-corrected chi connectivity index (χ4v) is 0.954. The molecule has 0 atom stereocenters. The van der Waals surface area contributed by atoms with E-state index in [-0.39, 0.29) is 5.57 Å². The molecule has 70 valence electrons. The first kappa shape index (κ1) is 9.77. The number of aliphatic hydroxyl groups is 2. The molecule has 13 heavy (non-hydrogen) atoms. The first-order valence-electron chi connectivity index (χ1n) is 3.84. The number of ether oxygens (including phenoxy) is 1. The van der Waals surface area contributed by atoms with Gasteiger partial charge in [0, 0.05) is 5.57 Å². The van der Waals surface area contributed by atoms with Crippen LogP contribution in [0.15, 0.2) is 30.8 Å². The van der Waals surface area contributed by atoms with Crippen molar-refractivity contribution in [2.75, 3.05) is 7.11 Å². The molecule has 0 fully saturated rings. The van der Waals surface area contributed by atoms with Gasteiger partial charge in [0.25, 0.3) is 0 Å². The second-order valence-electron chi connectivity index (χ2n) is 2.63. The smallest absolute Gasteiger partial charge is 0.178 e. The standard InChI is InChI=1S/C10H12O3/c1-7(10(11)12)8-3-5-9(13-2)6-4-8/h3-6,10-12H,1H2,2H3. The maximum absolute atomic E-state index is 8.83. The van der Waals surface area contributed by atoms with E-state index in [1.54, 1.807) is 31.4 Å². The predicted octanol–water partition coefficient (Wildman–Crippen LogP) is 1.02. The third-order valence-electron chi connectivity index (χ3n) is 1.77. The average Bonchev–Trinajstić information content (AvgIpc) is 2.17. The summed E-state index contributed by atoms with van der Waals surface area (Å²) >= 11 is 0. The summed E-state index contributed by atoms with van der Waals surface area (Å²) in [6.07, 6.45) is -1.51. The summed E-state index contributed by atoms with van der Waals surface area (Å²) in [6, 6.07) is 6.92. The molecule has 0 spiro atoms. The molecule has 2 N–H and O–H groups in total. The summed E-state index contributed by atoms with van der Waals surface area (Å²) in [6.45, 7) is 3.54. The Morgan fingerprint density at radius 1 is 1.31 bits per heavy atom. The van der Waals surface area contributed by atoms with Gasteiger partial charge in [-0.25, -0.2) is 0 Å². The highest BCUT2D eigenvalue weighted by atomic mass is 16.5. The lowest BCUT2D eigenvalue weighted by atomic mass is 10.1. The molecule has 3 nitrogen and oxygen atoms in total. The van der Waals surface area contributed by atoms with E-state index in [0.717, 1.165) is 5.75 Å². The van der Waals surface area contributed by atoms with Crippen molar-refractivity contribution < 1.29 is 14.9 Å². The topological polar surface area (TPSA) is 49.7 Å². The molecule has 1 aromatic rings. The van der Waals surface area contributed by atoms with Crippen LogP contribution in [0.5, 0.6) is 5.75 Å². The van der Waals surface area contributed by atoms with E-state index in [9.17, 15) is 0 Å². The van der Waals surface area contributed by atoms with Crippen LogP contribution >= 0.6 is 0 Å². The largest absolute Gasteiger partial charge is 0.497 e. The number of benzene rings is 1. The first-order valence-corrected chi connectivity index (χ1v) is 3.84. The van der Waals surface area contributed by atoms with Gasteiger partial charge in [-0.3, -0.25) is 0 Å². The first-order chi connectivity index (χ1) is 6.15. The van der Waals surface area contributed by atoms with Crippen molar-refractivity contribution in [3.05, 3.63) is 36.4 Å². The van der Waals surface area contributed by atoms with Crippen molar-refractivity contribution in [1.82, 2.24) is 0 Å². The minimum atomic E-state index is -1.51. The molecule has 0 aliphatic heterocycles. The summed E-state index contributed by atoms with van der Waals surface area (Å²) < 4.78 is 4.95. The summed E-state index contributed by atoms with van der Waals surface area (Å²) in [4.78, 5) is 0. The van der Waals surface area contributed by atoms with E-state index in [4.69, 9.17) is 14.9 Å². The zero-order chi connectivity index (χ0) is 9.84. The minimum Gasteiger partial charge on any atom is -0.497 e. The van der Waals surface area contributed by atoms with E-state index in [1.165, 1.54) is 0 Å². The molecule has 1 aromatic carbocycles. The molecule has 1 rings (SSSR count). The van der Waals surface area contributed by atoms with Gasteiger partial charge in [0.1, 0.15) is 5.75 Å². The molecule has 0 heterocycles. The van der Waals surface area contributed by atoms with Gasteiger partial charge in [-0.15, -0.1) is 0 Å². The number of rotatable bonds is 3. The molecule has 0 unspecified atom stereocenters. The van der Waals surface area contributed by atoms with Crippen LogP contribution in [0.3, 0.4) is 0 Å². The second kappa shape index (κ2) is 4.07. The number of hydrogen-bond acceptors (Lipinski definition) is 3. The van der Waals surface area contributed by atoms with E-state index >= 15 is 0 Å². The lowest BCUT2D eigenvalue weighted by molar-refractivity contribution is 0.0115. The van der Waals surface area contributed by atoms with E-state index in [1.807, 2.05) is 0 Å². The molecule has 0 saturated carbocycles. The van der Waals surface area contributed by atoms with Crippen molar-refractivity contribution in [3.8, 4) is 5.75 Å². The molecule has 0 aliphatic carbocycles. The van der Waals surface area contributed by atoms with Gasteiger partial charge in [-0.2, -0.15) is 0 Å². The van der Waals surface area contributed by atoms with Crippen molar-refractivity contribution >= 4 is 5.57 Å². The molecule has 0 aliphatic rings. The molecular formula is C10H12O3. The molecule has 0 saturated heterocycles. The predicted molar refractivity (Wildman–Crippen MR) is 50.3 cm³/mol. The maximum Gasteiger partial charge on any atom is 0.178 e. The summed E-state index contributed by atoms with van der Waals surface area (Å²) in [5.41, 5.74) is 0.971. The fourth-order valence-electron chi connectivity index (χ4n) is 0.954. The minimum absolute atomic E-state index is 0.280. The maximum atomic E-state index is 8.83. The van der Waals surface area contributed by atoms with Gasteiger partial charge in [0.05, 0.1) is 7.11 Å². The van der Waals surface area contributed by atoms with E-state index < -0.39 is 6.29 Å². The number of methoxy groups -OCH3 is 1.